The molecule has 0 amide bonds. The Bertz CT molecular complexity index is 574. The lowest BCUT2D eigenvalue weighted by atomic mass is 10.1. The number of hydrogen-bond acceptors (Lipinski definition) is 4. The van der Waals surface area contributed by atoms with Crippen LogP contribution in [-0.4, -0.2) is 20.2 Å². The van der Waals surface area contributed by atoms with Crippen LogP contribution in [0.5, 0.6) is 0 Å². The van der Waals surface area contributed by atoms with E-state index in [2.05, 4.69) is 15.5 Å². The molecule has 0 aliphatic heterocycles. The molecule has 5 nitrogen and oxygen atoms in total. The van der Waals surface area contributed by atoms with Crippen molar-refractivity contribution >= 4 is 17.3 Å². The van der Waals surface area contributed by atoms with Gasteiger partial charge in [0, 0.05) is 12.1 Å². The number of nitrogen functional groups attached to an aromatic ring is 1. The molecule has 1 saturated carbocycles. The highest BCUT2D eigenvalue weighted by molar-refractivity contribution is 6.33. The molecule has 0 atom stereocenters. The van der Waals surface area contributed by atoms with Gasteiger partial charge in [0.25, 0.3) is 0 Å². The van der Waals surface area contributed by atoms with Crippen LogP contribution in [0.4, 0.5) is 5.69 Å². The fraction of sp³-hybridized carbons (Fsp3) is 0.462. The fourth-order valence-corrected chi connectivity index (χ4v) is 2.82. The molecule has 0 unspecified atom stereocenters. The Morgan fingerprint density at radius 2 is 2.11 bits per heavy atom. The van der Waals surface area contributed by atoms with Crippen molar-refractivity contribution in [2.45, 2.75) is 32.2 Å². The summed E-state index contributed by atoms with van der Waals surface area (Å²) in [4.78, 5) is 0. The highest BCUT2D eigenvalue weighted by Gasteiger charge is 2.18. The van der Waals surface area contributed by atoms with Crippen LogP contribution in [0, 0.1) is 5.92 Å². The molecule has 0 radical (unpaired) electrons. The van der Waals surface area contributed by atoms with Gasteiger partial charge in [0.05, 0.1) is 10.7 Å². The van der Waals surface area contributed by atoms with Crippen molar-refractivity contribution < 1.29 is 0 Å². The molecule has 3 rings (SSSR count). The summed E-state index contributed by atoms with van der Waals surface area (Å²) < 4.78 is 1.87. The molecule has 1 aromatic heterocycles. The summed E-state index contributed by atoms with van der Waals surface area (Å²) in [6.45, 7) is 0.879. The van der Waals surface area contributed by atoms with Crippen molar-refractivity contribution in [1.82, 2.24) is 20.2 Å². The number of aromatic nitrogens is 4. The van der Waals surface area contributed by atoms with Gasteiger partial charge >= 0.3 is 0 Å². The number of nitrogens with two attached hydrogens (primary N) is 1. The molecule has 1 aromatic carbocycles. The maximum Gasteiger partial charge on any atom is 0.182 e. The zero-order valence-electron chi connectivity index (χ0n) is 10.6. The van der Waals surface area contributed by atoms with Gasteiger partial charge < -0.3 is 5.73 Å². The number of rotatable bonds is 3. The maximum absolute atomic E-state index is 6.05. The molecule has 2 N–H and O–H groups in total. The first kappa shape index (κ1) is 12.4. The quantitative estimate of drug-likeness (QED) is 0.876. The predicted octanol–water partition coefficient (Wildman–Crippen LogP) is 2.77. The summed E-state index contributed by atoms with van der Waals surface area (Å²) in [7, 11) is 0. The van der Waals surface area contributed by atoms with Gasteiger partial charge in [-0.1, -0.05) is 24.4 Å². The van der Waals surface area contributed by atoms with E-state index in [1.807, 2.05) is 16.8 Å². The molecular formula is C13H16ClN5. The number of anilines is 1. The van der Waals surface area contributed by atoms with E-state index in [0.29, 0.717) is 16.6 Å². The Kier molecular flexibility index (Phi) is 3.38. The van der Waals surface area contributed by atoms with E-state index < -0.39 is 0 Å². The lowest BCUT2D eigenvalue weighted by molar-refractivity contribution is 0.424. The van der Waals surface area contributed by atoms with E-state index in [1.54, 1.807) is 6.07 Å². The van der Waals surface area contributed by atoms with Crippen LogP contribution in [0.1, 0.15) is 25.7 Å². The van der Waals surface area contributed by atoms with Crippen molar-refractivity contribution in [1.29, 1.82) is 0 Å². The first-order valence-corrected chi connectivity index (χ1v) is 6.93. The SMILES string of the molecule is Nc1ccc(-c2nnnn2CC2CCCC2)cc1Cl. The van der Waals surface area contributed by atoms with Gasteiger partial charge in [0.1, 0.15) is 0 Å². The van der Waals surface area contributed by atoms with Crippen LogP contribution in [0.2, 0.25) is 5.02 Å². The van der Waals surface area contributed by atoms with Gasteiger partial charge in [-0.3, -0.25) is 0 Å². The zero-order chi connectivity index (χ0) is 13.2. The first-order chi connectivity index (χ1) is 9.24. The first-order valence-electron chi connectivity index (χ1n) is 6.55. The molecule has 19 heavy (non-hydrogen) atoms. The summed E-state index contributed by atoms with van der Waals surface area (Å²) in [6.07, 6.45) is 5.16. The van der Waals surface area contributed by atoms with Crippen molar-refractivity contribution in [3.63, 3.8) is 0 Å². The Labute approximate surface area is 116 Å². The predicted molar refractivity (Wildman–Crippen MR) is 74.6 cm³/mol. The largest absolute Gasteiger partial charge is 0.398 e. The molecule has 2 aromatic rings. The Balaban J connectivity index is 1.87. The van der Waals surface area contributed by atoms with E-state index in [0.717, 1.165) is 17.9 Å². The average molecular weight is 278 g/mol. The summed E-state index contributed by atoms with van der Waals surface area (Å²) in [5.74, 6) is 1.44. The minimum Gasteiger partial charge on any atom is -0.398 e. The Morgan fingerprint density at radius 1 is 1.32 bits per heavy atom. The second-order valence-corrected chi connectivity index (χ2v) is 5.48. The molecule has 1 aliphatic carbocycles. The van der Waals surface area contributed by atoms with Gasteiger partial charge in [-0.15, -0.1) is 5.10 Å². The van der Waals surface area contributed by atoms with Crippen molar-refractivity contribution in [3.8, 4) is 11.4 Å². The monoisotopic (exact) mass is 277 g/mol. The smallest absolute Gasteiger partial charge is 0.182 e. The molecule has 100 valence electrons. The molecule has 6 heteroatoms. The standard InChI is InChI=1S/C13H16ClN5/c14-11-7-10(5-6-12(11)15)13-16-17-18-19(13)8-9-3-1-2-4-9/h5-7,9H,1-4,8,15H2. The molecular weight excluding hydrogens is 262 g/mol. The number of hydrogen-bond donors (Lipinski definition) is 1. The third kappa shape index (κ3) is 2.56. The van der Waals surface area contributed by atoms with E-state index in [-0.39, 0.29) is 0 Å². The minimum absolute atomic E-state index is 0.535. The highest BCUT2D eigenvalue weighted by atomic mass is 35.5. The van der Waals surface area contributed by atoms with Crippen LogP contribution in [0.3, 0.4) is 0 Å². The van der Waals surface area contributed by atoms with Crippen LogP contribution in [0.15, 0.2) is 18.2 Å². The van der Waals surface area contributed by atoms with Crippen molar-refractivity contribution in [2.24, 2.45) is 5.92 Å². The fourth-order valence-electron chi connectivity index (χ4n) is 2.64. The Morgan fingerprint density at radius 3 is 2.84 bits per heavy atom. The normalized spacial score (nSPS) is 16.1. The number of nitrogens with zero attached hydrogens (tertiary/aromatic N) is 4. The number of tetrazole rings is 1. The zero-order valence-corrected chi connectivity index (χ0v) is 11.3. The highest BCUT2D eigenvalue weighted by Crippen LogP contribution is 2.29. The van der Waals surface area contributed by atoms with E-state index in [1.165, 1.54) is 25.7 Å². The topological polar surface area (TPSA) is 69.6 Å². The van der Waals surface area contributed by atoms with Gasteiger partial charge in [0.15, 0.2) is 5.82 Å². The van der Waals surface area contributed by atoms with Gasteiger partial charge in [-0.2, -0.15) is 0 Å². The van der Waals surface area contributed by atoms with Crippen molar-refractivity contribution in [2.75, 3.05) is 5.73 Å². The van der Waals surface area contributed by atoms with E-state index in [4.69, 9.17) is 17.3 Å². The molecule has 1 heterocycles. The lowest BCUT2D eigenvalue weighted by Crippen LogP contribution is -2.10. The molecule has 1 fully saturated rings. The number of benzene rings is 1. The minimum atomic E-state index is 0.535. The third-order valence-corrected chi connectivity index (χ3v) is 4.02. The van der Waals surface area contributed by atoms with Gasteiger partial charge in [0.2, 0.25) is 0 Å². The summed E-state index contributed by atoms with van der Waals surface area (Å²) in [6, 6.07) is 5.50. The van der Waals surface area contributed by atoms with Crippen LogP contribution >= 0.6 is 11.6 Å². The van der Waals surface area contributed by atoms with Crippen LogP contribution in [0.25, 0.3) is 11.4 Å². The van der Waals surface area contributed by atoms with Crippen LogP contribution in [-0.2, 0) is 6.54 Å². The molecule has 1 aliphatic rings. The van der Waals surface area contributed by atoms with E-state index in [9.17, 15) is 0 Å². The lowest BCUT2D eigenvalue weighted by Gasteiger charge is -2.10. The Hall–Kier alpha value is -1.62. The second-order valence-electron chi connectivity index (χ2n) is 5.07. The summed E-state index contributed by atoms with van der Waals surface area (Å²) in [5.41, 5.74) is 7.20. The van der Waals surface area contributed by atoms with E-state index >= 15 is 0 Å². The summed E-state index contributed by atoms with van der Waals surface area (Å²) in [5, 5.41) is 12.5. The maximum atomic E-state index is 6.05. The van der Waals surface area contributed by atoms with Crippen LogP contribution < -0.4 is 5.73 Å². The summed E-state index contributed by atoms with van der Waals surface area (Å²) >= 11 is 6.05. The molecule has 0 saturated heterocycles. The third-order valence-electron chi connectivity index (χ3n) is 3.70. The molecule has 0 spiro atoms. The number of halogens is 1. The molecule has 0 bridgehead atoms. The van der Waals surface area contributed by atoms with Gasteiger partial charge in [-0.25, -0.2) is 4.68 Å². The second kappa shape index (κ2) is 5.17. The average Bonchev–Trinajstić information content (AvgIpc) is 3.05. The van der Waals surface area contributed by atoms with Gasteiger partial charge in [-0.05, 0) is 47.4 Å². The van der Waals surface area contributed by atoms with Crippen molar-refractivity contribution in [3.05, 3.63) is 23.2 Å².